The Balaban J connectivity index is 1.38. The molecule has 6 aliphatic carbocycles. The molecule has 4 nitrogen and oxygen atoms in total. The lowest BCUT2D eigenvalue weighted by Crippen LogP contribution is -2.82. The second-order valence-corrected chi connectivity index (χ2v) is 15.3. The van der Waals surface area contributed by atoms with E-state index in [1.807, 2.05) is 12.1 Å². The Morgan fingerprint density at radius 3 is 2.62 bits per heavy atom. The van der Waals surface area contributed by atoms with Crippen molar-refractivity contribution in [1.82, 2.24) is 0 Å². The average molecular weight is 528 g/mol. The van der Waals surface area contributed by atoms with E-state index >= 15 is 0 Å². The Hall–Kier alpha value is -1.80. The Morgan fingerprint density at radius 2 is 1.82 bits per heavy atom. The number of nitrogens with two attached hydrogens (primary N) is 1. The fourth-order valence-corrected chi connectivity index (χ4v) is 12.0. The standard InChI is InChI=1S/C35H45NO3/c1-32(2)31-22-5-8-24(20-37)35(31,36)30-12-7-21-6-10-27(28-11-9-26(38)16-29(21)28)23-15-25(34(30,18-22)39-32)19-33(17-23)13-3-4-14-33/h6,9-11,16,21-25,27,30-31,37-38H,3-5,8,13-15,17-20,36H2,1-2H3/t21-,22-,23+,24-,25-,27-,30+,31-,34+,35-/m0/s1. The predicted octanol–water partition coefficient (Wildman–Crippen LogP) is 6.02. The third kappa shape index (κ3) is 3.25. The SMILES string of the molecule is CC1(C)O[C@@]23C[C@@H]4CC[C@@H](CO)[C@](N)([C@@H]2C#C[C@@H]2C=C[C@H](c5ccc(O)cc52)[C@@H]2C[C@H]3CC3(CCCC3)C2)[C@@H]41. The number of allylic oxidation sites excluding steroid dienone is 2. The largest absolute Gasteiger partial charge is 0.508 e. The summed E-state index contributed by atoms with van der Waals surface area (Å²) in [6.45, 7) is 4.71. The van der Waals surface area contributed by atoms with E-state index in [1.54, 1.807) is 0 Å². The molecule has 4 heteroatoms. The average Bonchev–Trinajstić information content (AvgIpc) is 3.33. The number of hydrogen-bond donors (Lipinski definition) is 3. The number of phenolic OH excluding ortho intramolecular Hbond substituents is 1. The van der Waals surface area contributed by atoms with Crippen molar-refractivity contribution < 1.29 is 14.9 Å². The molecule has 1 aromatic rings. The number of fused-ring (bicyclic) bond motifs is 9. The first-order valence-corrected chi connectivity index (χ1v) is 15.8. The lowest BCUT2D eigenvalue weighted by Gasteiger charge is -2.73. The van der Waals surface area contributed by atoms with Crippen molar-refractivity contribution >= 4 is 0 Å². The lowest BCUT2D eigenvalue weighted by atomic mass is 9.40. The number of hydrogen-bond acceptors (Lipinski definition) is 4. The van der Waals surface area contributed by atoms with Gasteiger partial charge in [-0.3, -0.25) is 0 Å². The van der Waals surface area contributed by atoms with Crippen LogP contribution >= 0.6 is 0 Å². The summed E-state index contributed by atoms with van der Waals surface area (Å²) in [7, 11) is 0. The smallest absolute Gasteiger partial charge is 0.115 e. The summed E-state index contributed by atoms with van der Waals surface area (Å²) in [6, 6.07) is 6.00. The second kappa shape index (κ2) is 8.15. The van der Waals surface area contributed by atoms with Crippen LogP contribution in [0.4, 0.5) is 0 Å². The van der Waals surface area contributed by atoms with E-state index < -0.39 is 5.54 Å². The molecule has 0 unspecified atom stereocenters. The number of aromatic hydroxyl groups is 1. The molecule has 0 amide bonds. The van der Waals surface area contributed by atoms with E-state index in [0.29, 0.717) is 34.8 Å². The third-order valence-corrected chi connectivity index (χ3v) is 13.1. The maximum absolute atomic E-state index is 10.7. The van der Waals surface area contributed by atoms with E-state index in [0.717, 1.165) is 25.7 Å². The maximum atomic E-state index is 10.7. The molecule has 4 saturated carbocycles. The first kappa shape index (κ1) is 25.0. The Labute approximate surface area is 233 Å². The third-order valence-electron chi connectivity index (χ3n) is 13.1. The van der Waals surface area contributed by atoms with Gasteiger partial charge in [-0.1, -0.05) is 42.9 Å². The van der Waals surface area contributed by atoms with Crippen molar-refractivity contribution in [3.8, 4) is 17.6 Å². The van der Waals surface area contributed by atoms with Gasteiger partial charge in [0.2, 0.25) is 0 Å². The second-order valence-electron chi connectivity index (χ2n) is 15.3. The fraction of sp³-hybridized carbons (Fsp3) is 0.714. The molecule has 10 atom stereocenters. The molecule has 4 N–H and O–H groups in total. The van der Waals surface area contributed by atoms with Gasteiger partial charge in [0.25, 0.3) is 0 Å². The summed E-state index contributed by atoms with van der Waals surface area (Å²) in [4.78, 5) is 0. The number of rotatable bonds is 1. The molecule has 2 saturated heterocycles. The van der Waals surface area contributed by atoms with Crippen LogP contribution in [0.5, 0.6) is 5.75 Å². The zero-order valence-electron chi connectivity index (χ0n) is 23.7. The van der Waals surface area contributed by atoms with E-state index in [2.05, 4.69) is 43.9 Å². The summed E-state index contributed by atoms with van der Waals surface area (Å²) in [6.07, 6.45) is 17.0. The summed E-state index contributed by atoms with van der Waals surface area (Å²) < 4.78 is 7.48. The highest BCUT2D eigenvalue weighted by molar-refractivity contribution is 5.50. The lowest BCUT2D eigenvalue weighted by molar-refractivity contribution is -0.342. The number of phenols is 1. The molecule has 0 aromatic heterocycles. The van der Waals surface area contributed by atoms with Gasteiger partial charge >= 0.3 is 0 Å². The summed E-state index contributed by atoms with van der Waals surface area (Å²) >= 11 is 0. The highest BCUT2D eigenvalue weighted by Crippen LogP contribution is 2.70. The van der Waals surface area contributed by atoms with Crippen LogP contribution in [0.3, 0.4) is 0 Å². The minimum Gasteiger partial charge on any atom is -0.508 e. The van der Waals surface area contributed by atoms with Crippen LogP contribution in [0.25, 0.3) is 0 Å². The first-order valence-electron chi connectivity index (χ1n) is 15.8. The van der Waals surface area contributed by atoms with E-state index in [-0.39, 0.29) is 41.5 Å². The van der Waals surface area contributed by atoms with E-state index in [1.165, 1.54) is 49.7 Å². The van der Waals surface area contributed by atoms with Crippen LogP contribution in [0.2, 0.25) is 0 Å². The molecule has 2 aliphatic heterocycles. The van der Waals surface area contributed by atoms with Crippen LogP contribution < -0.4 is 5.73 Å². The van der Waals surface area contributed by atoms with Crippen LogP contribution in [0, 0.1) is 52.8 Å². The van der Waals surface area contributed by atoms with Crippen LogP contribution in [0.1, 0.15) is 101 Å². The minimum absolute atomic E-state index is 0.0501. The number of ether oxygens (including phenoxy) is 1. The molecule has 2 spiro atoms. The topological polar surface area (TPSA) is 75.7 Å². The Morgan fingerprint density at radius 1 is 1.00 bits per heavy atom. The maximum Gasteiger partial charge on any atom is 0.115 e. The zero-order valence-corrected chi connectivity index (χ0v) is 23.7. The van der Waals surface area contributed by atoms with E-state index in [9.17, 15) is 10.2 Å². The predicted molar refractivity (Wildman–Crippen MR) is 152 cm³/mol. The summed E-state index contributed by atoms with van der Waals surface area (Å²) in [5.74, 6) is 9.87. The van der Waals surface area contributed by atoms with Gasteiger partial charge in [0.15, 0.2) is 0 Å². The van der Waals surface area contributed by atoms with Gasteiger partial charge in [-0.25, -0.2) is 0 Å². The number of benzene rings is 1. The van der Waals surface area contributed by atoms with Crippen molar-refractivity contribution in [3.05, 3.63) is 41.5 Å². The van der Waals surface area contributed by atoms with Gasteiger partial charge in [-0.15, -0.1) is 0 Å². The molecule has 2 heterocycles. The quantitative estimate of drug-likeness (QED) is 0.308. The van der Waals surface area contributed by atoms with Crippen molar-refractivity contribution in [3.63, 3.8) is 0 Å². The molecule has 9 rings (SSSR count). The van der Waals surface area contributed by atoms with Crippen molar-refractivity contribution in [2.75, 3.05) is 6.61 Å². The number of aliphatic hydroxyl groups excluding tert-OH is 1. The Bertz CT molecular complexity index is 1280. The summed E-state index contributed by atoms with van der Waals surface area (Å²) in [5, 5.41) is 21.2. The zero-order chi connectivity index (χ0) is 26.8. The highest BCUT2D eigenvalue weighted by Gasteiger charge is 2.74. The van der Waals surface area contributed by atoms with E-state index in [4.69, 9.17) is 10.5 Å². The molecule has 6 fully saturated rings. The minimum atomic E-state index is -0.558. The fourth-order valence-electron chi connectivity index (χ4n) is 12.0. The molecule has 208 valence electrons. The van der Waals surface area contributed by atoms with Crippen LogP contribution in [-0.4, -0.2) is 33.6 Å². The highest BCUT2D eigenvalue weighted by atomic mass is 16.5. The van der Waals surface area contributed by atoms with Crippen molar-refractivity contribution in [1.29, 1.82) is 0 Å². The first-order chi connectivity index (χ1) is 18.7. The van der Waals surface area contributed by atoms with Crippen molar-refractivity contribution in [2.45, 2.75) is 107 Å². The van der Waals surface area contributed by atoms with Gasteiger partial charge in [0.1, 0.15) is 5.75 Å². The molecular weight excluding hydrogens is 482 g/mol. The van der Waals surface area contributed by atoms with Gasteiger partial charge in [0.05, 0.1) is 23.0 Å². The summed E-state index contributed by atoms with van der Waals surface area (Å²) in [5.41, 5.74) is 9.40. The molecule has 0 radical (unpaired) electrons. The van der Waals surface area contributed by atoms with Gasteiger partial charge in [-0.05, 0) is 112 Å². The Kier molecular flexibility index (Phi) is 5.21. The van der Waals surface area contributed by atoms with Crippen LogP contribution in [0.15, 0.2) is 30.4 Å². The van der Waals surface area contributed by atoms with Gasteiger partial charge < -0.3 is 20.7 Å². The number of aliphatic hydroxyl groups is 1. The van der Waals surface area contributed by atoms with Gasteiger partial charge in [0, 0.05) is 29.9 Å². The monoisotopic (exact) mass is 527 g/mol. The normalized spacial score (nSPS) is 47.6. The van der Waals surface area contributed by atoms with Crippen LogP contribution in [-0.2, 0) is 4.74 Å². The molecule has 8 bridgehead atoms. The molecular formula is C35H45NO3. The van der Waals surface area contributed by atoms with Gasteiger partial charge in [-0.2, -0.15) is 0 Å². The molecule has 39 heavy (non-hydrogen) atoms. The molecule has 8 aliphatic rings. The van der Waals surface area contributed by atoms with Crippen molar-refractivity contribution in [2.24, 2.45) is 46.7 Å². The molecule has 1 aromatic carbocycles.